The predicted molar refractivity (Wildman–Crippen MR) is 96.1 cm³/mol. The first-order chi connectivity index (χ1) is 12.9. The molecule has 9 nitrogen and oxygen atoms in total. The minimum Gasteiger partial charge on any atom is -0.448 e. The molecule has 2 aromatic carbocycles. The van der Waals surface area contributed by atoms with Gasteiger partial charge in [-0.2, -0.15) is 0 Å². The number of benzene rings is 2. The molecule has 27 heavy (non-hydrogen) atoms. The van der Waals surface area contributed by atoms with Gasteiger partial charge in [0.05, 0.1) is 22.2 Å². The van der Waals surface area contributed by atoms with Gasteiger partial charge in [0.25, 0.3) is 11.6 Å². The fraction of sp³-hybridized carbons (Fsp3) is 0.111. The lowest BCUT2D eigenvalue weighted by Crippen LogP contribution is -2.30. The first-order valence-corrected chi connectivity index (χ1v) is 7.92. The van der Waals surface area contributed by atoms with E-state index in [0.29, 0.717) is 16.7 Å². The summed E-state index contributed by atoms with van der Waals surface area (Å²) >= 11 is 0. The number of non-ortho nitro benzene ring substituents is 1. The molecule has 0 aliphatic heterocycles. The number of hydrogen-bond acceptors (Lipinski definition) is 7. The van der Waals surface area contributed by atoms with Crippen LogP contribution in [0.1, 0.15) is 17.4 Å². The molecule has 0 saturated heterocycles. The monoisotopic (exact) mass is 366 g/mol. The van der Waals surface area contributed by atoms with E-state index in [2.05, 4.69) is 15.3 Å². The lowest BCUT2D eigenvalue weighted by molar-refractivity contribution is -0.384. The van der Waals surface area contributed by atoms with Gasteiger partial charge in [0.2, 0.25) is 0 Å². The number of rotatable bonds is 5. The van der Waals surface area contributed by atoms with Crippen molar-refractivity contribution in [2.75, 3.05) is 5.32 Å². The minimum absolute atomic E-state index is 0.0105. The summed E-state index contributed by atoms with van der Waals surface area (Å²) in [5, 5.41) is 13.1. The fourth-order valence-corrected chi connectivity index (χ4v) is 2.24. The van der Waals surface area contributed by atoms with Gasteiger partial charge in [0.15, 0.2) is 11.8 Å². The number of hydrogen-bond donors (Lipinski definition) is 1. The SMILES string of the molecule is CC(OC(=O)c1cnc2ccccc2n1)C(=O)Nc1ccc([N+](=O)[O-])cc1. The Morgan fingerprint density at radius 2 is 1.78 bits per heavy atom. The van der Waals surface area contributed by atoms with Crippen molar-refractivity contribution in [2.24, 2.45) is 0 Å². The van der Waals surface area contributed by atoms with Crippen molar-refractivity contribution in [2.45, 2.75) is 13.0 Å². The van der Waals surface area contributed by atoms with Crippen molar-refractivity contribution in [3.05, 3.63) is 70.5 Å². The van der Waals surface area contributed by atoms with Crippen LogP contribution in [0.5, 0.6) is 0 Å². The highest BCUT2D eigenvalue weighted by atomic mass is 16.6. The van der Waals surface area contributed by atoms with E-state index in [1.807, 2.05) is 0 Å². The number of anilines is 1. The van der Waals surface area contributed by atoms with Gasteiger partial charge < -0.3 is 10.1 Å². The van der Waals surface area contributed by atoms with Crippen LogP contribution in [0, 0.1) is 10.1 Å². The number of carbonyl (C=O) groups excluding carboxylic acids is 2. The molecule has 1 N–H and O–H groups in total. The molecular weight excluding hydrogens is 352 g/mol. The van der Waals surface area contributed by atoms with Crippen molar-refractivity contribution in [1.82, 2.24) is 9.97 Å². The minimum atomic E-state index is -1.10. The molecule has 1 heterocycles. The molecule has 1 unspecified atom stereocenters. The Morgan fingerprint density at radius 1 is 1.11 bits per heavy atom. The normalized spacial score (nSPS) is 11.6. The number of aromatic nitrogens is 2. The lowest BCUT2D eigenvalue weighted by Gasteiger charge is -2.13. The van der Waals surface area contributed by atoms with E-state index in [9.17, 15) is 19.7 Å². The average molecular weight is 366 g/mol. The summed E-state index contributed by atoms with van der Waals surface area (Å²) in [6.45, 7) is 1.41. The molecule has 9 heteroatoms. The summed E-state index contributed by atoms with van der Waals surface area (Å²) in [5.41, 5.74) is 1.41. The van der Waals surface area contributed by atoms with Gasteiger partial charge in [-0.15, -0.1) is 0 Å². The molecule has 3 rings (SSSR count). The van der Waals surface area contributed by atoms with E-state index in [-0.39, 0.29) is 11.4 Å². The van der Waals surface area contributed by atoms with Gasteiger partial charge in [-0.05, 0) is 31.2 Å². The van der Waals surface area contributed by atoms with Crippen LogP contribution in [-0.2, 0) is 9.53 Å². The summed E-state index contributed by atoms with van der Waals surface area (Å²) in [4.78, 5) is 42.7. The smallest absolute Gasteiger partial charge is 0.359 e. The van der Waals surface area contributed by atoms with Crippen LogP contribution in [0.15, 0.2) is 54.7 Å². The molecular formula is C18H14N4O5. The number of nitro benzene ring substituents is 1. The van der Waals surface area contributed by atoms with Crippen molar-refractivity contribution in [3.8, 4) is 0 Å². The molecule has 1 atom stereocenters. The summed E-state index contributed by atoms with van der Waals surface area (Å²) < 4.78 is 5.12. The number of ether oxygens (including phenoxy) is 1. The number of amides is 1. The van der Waals surface area contributed by atoms with Crippen LogP contribution in [-0.4, -0.2) is 32.9 Å². The van der Waals surface area contributed by atoms with Crippen LogP contribution in [0.2, 0.25) is 0 Å². The summed E-state index contributed by atoms with van der Waals surface area (Å²) in [7, 11) is 0. The Kier molecular flexibility index (Phi) is 5.02. The van der Waals surface area contributed by atoms with E-state index in [4.69, 9.17) is 4.74 Å². The molecule has 3 aromatic rings. The molecule has 0 saturated carbocycles. The second kappa shape index (κ2) is 7.56. The highest BCUT2D eigenvalue weighted by Crippen LogP contribution is 2.16. The average Bonchev–Trinajstić information content (AvgIpc) is 2.67. The van der Waals surface area contributed by atoms with E-state index < -0.39 is 22.9 Å². The number of nitro groups is 1. The van der Waals surface area contributed by atoms with E-state index in [1.165, 1.54) is 37.4 Å². The molecule has 0 aliphatic carbocycles. The number of para-hydroxylation sites is 2. The second-order valence-electron chi connectivity index (χ2n) is 5.58. The second-order valence-corrected chi connectivity index (χ2v) is 5.58. The van der Waals surface area contributed by atoms with Crippen molar-refractivity contribution in [1.29, 1.82) is 0 Å². The molecule has 0 aliphatic rings. The fourth-order valence-electron chi connectivity index (χ4n) is 2.24. The lowest BCUT2D eigenvalue weighted by atomic mass is 10.2. The highest BCUT2D eigenvalue weighted by Gasteiger charge is 2.20. The van der Waals surface area contributed by atoms with E-state index in [1.54, 1.807) is 24.3 Å². The zero-order valence-electron chi connectivity index (χ0n) is 14.2. The van der Waals surface area contributed by atoms with Crippen LogP contribution in [0.3, 0.4) is 0 Å². The summed E-state index contributed by atoms with van der Waals surface area (Å²) in [5.74, 6) is -1.36. The van der Waals surface area contributed by atoms with Gasteiger partial charge >= 0.3 is 5.97 Å². The molecule has 0 fully saturated rings. The molecule has 0 spiro atoms. The number of carbonyl (C=O) groups is 2. The topological polar surface area (TPSA) is 124 Å². The van der Waals surface area contributed by atoms with Crippen LogP contribution in [0.25, 0.3) is 11.0 Å². The summed E-state index contributed by atoms with van der Waals surface area (Å²) in [6, 6.07) is 12.3. The Hall–Kier alpha value is -3.88. The first kappa shape index (κ1) is 17.9. The maximum absolute atomic E-state index is 12.2. The highest BCUT2D eigenvalue weighted by molar-refractivity contribution is 5.97. The maximum atomic E-state index is 12.2. The standard InChI is InChI=1S/C18H14N4O5/c1-11(17(23)20-12-6-8-13(9-7-12)22(25)26)27-18(24)16-10-19-14-4-2-3-5-15(14)21-16/h2-11H,1H3,(H,20,23). The Labute approximate surface area is 153 Å². The van der Waals surface area contributed by atoms with Crippen molar-refractivity contribution >= 4 is 34.3 Å². The Balaban J connectivity index is 1.64. The van der Waals surface area contributed by atoms with Gasteiger partial charge in [-0.25, -0.2) is 9.78 Å². The zero-order valence-corrected chi connectivity index (χ0v) is 14.2. The third-order valence-electron chi connectivity index (χ3n) is 3.66. The molecule has 136 valence electrons. The number of nitrogens with one attached hydrogen (secondary N) is 1. The third-order valence-corrected chi connectivity index (χ3v) is 3.66. The molecule has 0 bridgehead atoms. The van der Waals surface area contributed by atoms with Gasteiger partial charge in [-0.1, -0.05) is 12.1 Å². The first-order valence-electron chi connectivity index (χ1n) is 7.92. The van der Waals surface area contributed by atoms with Crippen molar-refractivity contribution < 1.29 is 19.2 Å². The Morgan fingerprint density at radius 3 is 2.44 bits per heavy atom. The molecule has 1 aromatic heterocycles. The quantitative estimate of drug-likeness (QED) is 0.418. The zero-order chi connectivity index (χ0) is 19.4. The third kappa shape index (κ3) is 4.21. The largest absolute Gasteiger partial charge is 0.448 e. The molecule has 0 radical (unpaired) electrons. The number of fused-ring (bicyclic) bond motifs is 1. The van der Waals surface area contributed by atoms with Gasteiger partial charge in [0, 0.05) is 17.8 Å². The number of esters is 1. The predicted octanol–water partition coefficient (Wildman–Crippen LogP) is 2.72. The van der Waals surface area contributed by atoms with E-state index in [0.717, 1.165) is 0 Å². The Bertz CT molecular complexity index is 1020. The van der Waals surface area contributed by atoms with E-state index >= 15 is 0 Å². The van der Waals surface area contributed by atoms with Crippen LogP contribution >= 0.6 is 0 Å². The maximum Gasteiger partial charge on any atom is 0.359 e. The van der Waals surface area contributed by atoms with Crippen LogP contribution in [0.4, 0.5) is 11.4 Å². The number of nitrogens with zero attached hydrogens (tertiary/aromatic N) is 3. The van der Waals surface area contributed by atoms with Crippen LogP contribution < -0.4 is 5.32 Å². The summed E-state index contributed by atoms with van der Waals surface area (Å²) in [6.07, 6.45) is 0.187. The van der Waals surface area contributed by atoms with Gasteiger partial charge in [0.1, 0.15) is 0 Å². The van der Waals surface area contributed by atoms with Crippen molar-refractivity contribution in [3.63, 3.8) is 0 Å². The van der Waals surface area contributed by atoms with Gasteiger partial charge in [-0.3, -0.25) is 19.9 Å². The molecule has 1 amide bonds.